The lowest BCUT2D eigenvalue weighted by atomic mass is 10.2. The molecule has 2 nitrogen and oxygen atoms in total. The molecule has 0 aliphatic carbocycles. The SMILES string of the molecule is Cc1ccc(N/C=C\C(=O)C(F)(F)Cl)cc1. The first-order valence-corrected chi connectivity index (χ1v) is 4.88. The van der Waals surface area contributed by atoms with E-state index >= 15 is 0 Å². The zero-order valence-electron chi connectivity index (χ0n) is 8.51. The second-order valence-corrected chi connectivity index (χ2v) is 3.68. The number of anilines is 1. The van der Waals surface area contributed by atoms with Crippen molar-refractivity contribution in [2.45, 2.75) is 12.3 Å². The van der Waals surface area contributed by atoms with Crippen LogP contribution in [0.25, 0.3) is 0 Å². The van der Waals surface area contributed by atoms with Crippen LogP contribution in [0.15, 0.2) is 36.5 Å². The minimum atomic E-state index is -3.84. The summed E-state index contributed by atoms with van der Waals surface area (Å²) in [6.07, 6.45) is 1.83. The number of halogens is 3. The van der Waals surface area contributed by atoms with E-state index < -0.39 is 11.2 Å². The Balaban J connectivity index is 2.55. The number of nitrogens with one attached hydrogen (secondary N) is 1. The standard InChI is InChI=1S/C11H10ClF2NO/c1-8-2-4-9(5-3-8)15-7-6-10(16)11(12,13)14/h2-7,15H,1H3/b7-6-. The number of allylic oxidation sites excluding steroid dienone is 1. The third-order valence-electron chi connectivity index (χ3n) is 1.82. The molecule has 0 bridgehead atoms. The van der Waals surface area contributed by atoms with Crippen LogP contribution in [0.5, 0.6) is 0 Å². The molecule has 0 fully saturated rings. The first-order valence-electron chi connectivity index (χ1n) is 4.50. The molecule has 0 radical (unpaired) electrons. The van der Waals surface area contributed by atoms with E-state index in [2.05, 4.69) is 16.9 Å². The summed E-state index contributed by atoms with van der Waals surface area (Å²) in [6, 6.07) is 7.24. The van der Waals surface area contributed by atoms with Gasteiger partial charge >= 0.3 is 5.38 Å². The van der Waals surface area contributed by atoms with Crippen molar-refractivity contribution in [3.63, 3.8) is 0 Å². The average molecular weight is 246 g/mol. The van der Waals surface area contributed by atoms with Gasteiger partial charge in [0, 0.05) is 18.0 Å². The third kappa shape index (κ3) is 3.98. The van der Waals surface area contributed by atoms with Gasteiger partial charge in [0.2, 0.25) is 5.78 Å². The smallest absolute Gasteiger partial charge is 0.362 e. The Morgan fingerprint density at radius 3 is 2.44 bits per heavy atom. The zero-order chi connectivity index (χ0) is 12.2. The van der Waals surface area contributed by atoms with Crippen molar-refractivity contribution >= 4 is 23.1 Å². The molecule has 0 aromatic heterocycles. The highest BCUT2D eigenvalue weighted by atomic mass is 35.5. The van der Waals surface area contributed by atoms with E-state index in [9.17, 15) is 13.6 Å². The molecule has 0 heterocycles. The fourth-order valence-electron chi connectivity index (χ4n) is 0.958. The van der Waals surface area contributed by atoms with Crippen LogP contribution in [0, 0.1) is 6.92 Å². The fraction of sp³-hybridized carbons (Fsp3) is 0.182. The molecule has 1 aromatic rings. The molecule has 1 N–H and O–H groups in total. The quantitative estimate of drug-likeness (QED) is 0.651. The number of aryl methyl sites for hydroxylation is 1. The molecule has 0 saturated carbocycles. The van der Waals surface area contributed by atoms with Crippen LogP contribution in [0.3, 0.4) is 0 Å². The molecule has 86 valence electrons. The summed E-state index contributed by atoms with van der Waals surface area (Å²) in [5.41, 5.74) is 1.78. The largest absolute Gasteiger partial charge is 0.384 e. The third-order valence-corrected chi connectivity index (χ3v) is 2.00. The summed E-state index contributed by atoms with van der Waals surface area (Å²) >= 11 is 4.52. The second-order valence-electron chi connectivity index (χ2n) is 3.21. The molecule has 1 aromatic carbocycles. The van der Waals surface area contributed by atoms with Crippen molar-refractivity contribution < 1.29 is 13.6 Å². The van der Waals surface area contributed by atoms with E-state index in [1.54, 1.807) is 12.1 Å². The van der Waals surface area contributed by atoms with Gasteiger partial charge in [-0.2, -0.15) is 8.78 Å². The van der Waals surface area contributed by atoms with Crippen molar-refractivity contribution in [1.82, 2.24) is 0 Å². The Labute approximate surface area is 96.9 Å². The molecular formula is C11H10ClF2NO. The van der Waals surface area contributed by atoms with Gasteiger partial charge in [-0.1, -0.05) is 17.7 Å². The van der Waals surface area contributed by atoms with E-state index in [4.69, 9.17) is 0 Å². The minimum Gasteiger partial charge on any atom is -0.362 e. The van der Waals surface area contributed by atoms with Gasteiger partial charge < -0.3 is 5.32 Å². The summed E-state index contributed by atoms with van der Waals surface area (Å²) < 4.78 is 24.5. The number of ketones is 1. The summed E-state index contributed by atoms with van der Waals surface area (Å²) in [5, 5.41) is -1.16. The maximum absolute atomic E-state index is 12.2. The summed E-state index contributed by atoms with van der Waals surface area (Å²) in [7, 11) is 0. The lowest BCUT2D eigenvalue weighted by Crippen LogP contribution is -2.18. The summed E-state index contributed by atoms with van der Waals surface area (Å²) in [6.45, 7) is 1.93. The van der Waals surface area contributed by atoms with E-state index in [0.717, 1.165) is 11.8 Å². The highest BCUT2D eigenvalue weighted by Gasteiger charge is 2.33. The van der Waals surface area contributed by atoms with Crippen molar-refractivity contribution in [3.8, 4) is 0 Å². The van der Waals surface area contributed by atoms with E-state index in [1.165, 1.54) is 0 Å². The highest BCUT2D eigenvalue weighted by Crippen LogP contribution is 2.20. The molecule has 5 heteroatoms. The molecule has 0 amide bonds. The zero-order valence-corrected chi connectivity index (χ0v) is 9.26. The van der Waals surface area contributed by atoms with Gasteiger partial charge in [0.05, 0.1) is 0 Å². The molecule has 0 aliphatic rings. The molecule has 0 saturated heterocycles. The average Bonchev–Trinajstić information content (AvgIpc) is 2.19. The van der Waals surface area contributed by atoms with Gasteiger partial charge in [-0.15, -0.1) is 0 Å². The summed E-state index contributed by atoms with van der Waals surface area (Å²) in [5.74, 6) is -1.45. The van der Waals surface area contributed by atoms with Gasteiger partial charge in [0.15, 0.2) is 0 Å². The monoisotopic (exact) mass is 245 g/mol. The predicted molar refractivity (Wildman–Crippen MR) is 59.7 cm³/mol. The van der Waals surface area contributed by atoms with Crippen molar-refractivity contribution in [2.75, 3.05) is 5.32 Å². The molecule has 0 unspecified atom stereocenters. The number of alkyl halides is 3. The number of carbonyl (C=O) groups excluding carboxylic acids is 1. The van der Waals surface area contributed by atoms with Gasteiger partial charge in [0.1, 0.15) is 0 Å². The molecule has 0 atom stereocenters. The Bertz CT molecular complexity index is 395. The predicted octanol–water partition coefficient (Wildman–Crippen LogP) is 3.32. The van der Waals surface area contributed by atoms with E-state index in [0.29, 0.717) is 11.8 Å². The Hall–Kier alpha value is -1.42. The van der Waals surface area contributed by atoms with Gasteiger partial charge in [-0.3, -0.25) is 4.79 Å². The van der Waals surface area contributed by atoms with Crippen LogP contribution < -0.4 is 5.32 Å². The minimum absolute atomic E-state index is 0.701. The van der Waals surface area contributed by atoms with Gasteiger partial charge in [-0.05, 0) is 30.7 Å². The lowest BCUT2D eigenvalue weighted by molar-refractivity contribution is -0.128. The Morgan fingerprint density at radius 2 is 1.94 bits per heavy atom. The maximum atomic E-state index is 12.2. The first kappa shape index (κ1) is 12.6. The van der Waals surface area contributed by atoms with Crippen LogP contribution in [0.4, 0.5) is 14.5 Å². The van der Waals surface area contributed by atoms with E-state index in [1.807, 2.05) is 19.1 Å². The fourth-order valence-corrected chi connectivity index (χ4v) is 1.02. The molecule has 16 heavy (non-hydrogen) atoms. The maximum Gasteiger partial charge on any atom is 0.384 e. The first-order chi connectivity index (χ1) is 7.39. The van der Waals surface area contributed by atoms with Crippen molar-refractivity contribution in [3.05, 3.63) is 42.1 Å². The Morgan fingerprint density at radius 1 is 1.38 bits per heavy atom. The van der Waals surface area contributed by atoms with Crippen LogP contribution >= 0.6 is 11.6 Å². The highest BCUT2D eigenvalue weighted by molar-refractivity contribution is 6.34. The molecular weight excluding hydrogens is 236 g/mol. The van der Waals surface area contributed by atoms with Crippen LogP contribution in [-0.4, -0.2) is 11.2 Å². The second kappa shape index (κ2) is 5.07. The molecule has 1 rings (SSSR count). The topological polar surface area (TPSA) is 29.1 Å². The summed E-state index contributed by atoms with van der Waals surface area (Å²) in [4.78, 5) is 10.7. The number of carbonyl (C=O) groups is 1. The Kier molecular flexibility index (Phi) is 4.01. The normalized spacial score (nSPS) is 11.8. The van der Waals surface area contributed by atoms with Crippen molar-refractivity contribution in [2.24, 2.45) is 0 Å². The van der Waals surface area contributed by atoms with Crippen LogP contribution in [0.2, 0.25) is 0 Å². The van der Waals surface area contributed by atoms with Crippen LogP contribution in [0.1, 0.15) is 5.56 Å². The molecule has 0 aliphatic heterocycles. The number of hydrogen-bond donors (Lipinski definition) is 1. The number of benzene rings is 1. The van der Waals surface area contributed by atoms with E-state index in [-0.39, 0.29) is 0 Å². The van der Waals surface area contributed by atoms with Crippen LogP contribution in [-0.2, 0) is 4.79 Å². The van der Waals surface area contributed by atoms with Gasteiger partial charge in [-0.25, -0.2) is 0 Å². The van der Waals surface area contributed by atoms with Crippen molar-refractivity contribution in [1.29, 1.82) is 0 Å². The number of rotatable bonds is 4. The lowest BCUT2D eigenvalue weighted by Gasteiger charge is -2.03. The molecule has 0 spiro atoms. The number of hydrogen-bond acceptors (Lipinski definition) is 2. The van der Waals surface area contributed by atoms with Gasteiger partial charge in [0.25, 0.3) is 0 Å².